The van der Waals surface area contributed by atoms with Gasteiger partial charge in [0.25, 0.3) is 0 Å². The number of benzene rings is 8. The minimum absolute atomic E-state index is 0.501. The average Bonchev–Trinajstić information content (AvgIpc) is 4.00. The van der Waals surface area contributed by atoms with Crippen LogP contribution >= 0.6 is 0 Å². The van der Waals surface area contributed by atoms with Crippen LogP contribution in [0, 0.1) is 0 Å². The Morgan fingerprint density at radius 3 is 0.841 bits per heavy atom. The predicted molar refractivity (Wildman–Crippen MR) is 247 cm³/mol. The Balaban J connectivity index is 1.28. The zero-order chi connectivity index (χ0) is 42.7. The summed E-state index contributed by atoms with van der Waals surface area (Å²) >= 11 is -5.31. The second kappa shape index (κ2) is 17.0. The van der Waals surface area contributed by atoms with Crippen molar-refractivity contribution < 1.29 is 33.6 Å². The fourth-order valence-corrected chi connectivity index (χ4v) is 16.1. The summed E-state index contributed by atoms with van der Waals surface area (Å²) in [7, 11) is 0. The van der Waals surface area contributed by atoms with Gasteiger partial charge in [-0.15, -0.1) is 0 Å². The van der Waals surface area contributed by atoms with Crippen molar-refractivity contribution in [3.8, 4) is 0 Å². The molecule has 0 aromatic heterocycles. The fourth-order valence-electron chi connectivity index (χ4n) is 9.95. The van der Waals surface area contributed by atoms with Crippen molar-refractivity contribution in [1.82, 2.24) is 0 Å². The molecule has 0 N–H and O–H groups in total. The summed E-state index contributed by atoms with van der Waals surface area (Å²) < 4.78 is 14.4. The van der Waals surface area contributed by atoms with E-state index in [0.717, 1.165) is 55.6 Å². The molecule has 0 amide bonds. The maximum absolute atomic E-state index is 16.6. The monoisotopic (exact) mass is 852 g/mol. The molecule has 4 nitrogen and oxygen atoms in total. The Kier molecular flexibility index (Phi) is 10.8. The minimum atomic E-state index is -5.31. The molecule has 63 heavy (non-hydrogen) atoms. The van der Waals surface area contributed by atoms with E-state index in [0.29, 0.717) is 0 Å². The van der Waals surface area contributed by atoms with E-state index in [1.807, 2.05) is 206 Å². The molecule has 0 saturated heterocycles. The van der Waals surface area contributed by atoms with Crippen LogP contribution in [-0.2, 0) is 44.4 Å². The quantitative estimate of drug-likeness (QED) is 0.0907. The summed E-state index contributed by atoms with van der Waals surface area (Å²) in [6.07, 6.45) is 8.41. The first-order valence-electron chi connectivity index (χ1n) is 21.4. The summed E-state index contributed by atoms with van der Waals surface area (Å²) in [5, 5.41) is 0. The van der Waals surface area contributed by atoms with Crippen LogP contribution in [0.25, 0.3) is 12.2 Å². The van der Waals surface area contributed by atoms with E-state index in [1.54, 1.807) is 0 Å². The molecule has 0 fully saturated rings. The molecule has 2 unspecified atom stereocenters. The first-order valence-corrected chi connectivity index (χ1v) is 24.5. The van der Waals surface area contributed by atoms with Gasteiger partial charge in [0.2, 0.25) is 0 Å². The average molecular weight is 853 g/mol. The molecule has 0 heterocycles. The van der Waals surface area contributed by atoms with Crippen LogP contribution < -0.4 is 0 Å². The number of rotatable bonds is 12. The molecule has 5 heteroatoms. The molecule has 0 aliphatic heterocycles. The van der Waals surface area contributed by atoms with Crippen LogP contribution in [0.4, 0.5) is 0 Å². The normalized spacial score (nSPS) is 15.3. The van der Waals surface area contributed by atoms with Gasteiger partial charge in [-0.3, -0.25) is 0 Å². The Bertz CT molecular complexity index is 2540. The van der Waals surface area contributed by atoms with Gasteiger partial charge in [0.1, 0.15) is 0 Å². The van der Waals surface area contributed by atoms with Crippen LogP contribution in [-0.4, -0.2) is 11.9 Å². The molecule has 2 atom stereocenters. The van der Waals surface area contributed by atoms with Crippen molar-refractivity contribution in [1.29, 1.82) is 0 Å². The Hall–Kier alpha value is -7.11. The number of carbonyl (C=O) groups excluding carboxylic acids is 2. The van der Waals surface area contributed by atoms with Gasteiger partial charge in [-0.25, -0.2) is 0 Å². The van der Waals surface area contributed by atoms with Crippen molar-refractivity contribution in [2.45, 2.75) is 19.3 Å². The maximum atomic E-state index is 16.6. The van der Waals surface area contributed by atoms with Gasteiger partial charge in [-0.1, -0.05) is 0 Å². The fraction of sp³-hybridized carbons (Fsp3) is 0.0690. The van der Waals surface area contributed by atoms with Gasteiger partial charge in [-0.05, 0) is 0 Å². The van der Waals surface area contributed by atoms with Crippen molar-refractivity contribution in [2.75, 3.05) is 0 Å². The van der Waals surface area contributed by atoms with Crippen molar-refractivity contribution >= 4 is 24.1 Å². The molecule has 0 radical (unpaired) electrons. The summed E-state index contributed by atoms with van der Waals surface area (Å²) in [5.74, 6) is -1.00. The summed E-state index contributed by atoms with van der Waals surface area (Å²) in [6, 6.07) is 75.4. The van der Waals surface area contributed by atoms with E-state index in [9.17, 15) is 0 Å². The number of allylic oxidation sites excluding steroid dienone is 2. The third kappa shape index (κ3) is 6.75. The molecule has 0 saturated carbocycles. The van der Waals surface area contributed by atoms with Crippen molar-refractivity contribution in [3.05, 3.63) is 298 Å². The molecule has 8 aromatic rings. The number of carbonyl (C=O) groups is 2. The van der Waals surface area contributed by atoms with E-state index >= 15 is 9.59 Å². The molecule has 0 bridgehead atoms. The molecule has 2 aliphatic carbocycles. The summed E-state index contributed by atoms with van der Waals surface area (Å²) in [4.78, 5) is 33.3. The second-order valence-electron chi connectivity index (χ2n) is 16.1. The van der Waals surface area contributed by atoms with E-state index in [2.05, 4.69) is 48.6 Å². The Morgan fingerprint density at radius 1 is 0.333 bits per heavy atom. The standard InChI is InChI=1S/2C20H16O2.2C9H7.Ti/c2*21-19(22)20(16-10-4-1-5-11-16,17-12-6-2-7-13-17)18-14-8-3-9-15-18;2*1-2-5-9-7-3-6-8(9)4-1;/h2*1-15H,(H,21,22);2*1-7H;/q;;;;+2/p-2. The second-order valence-corrected chi connectivity index (χ2v) is 21.0. The van der Waals surface area contributed by atoms with E-state index in [-0.39, 0.29) is 0 Å². The predicted octanol–water partition coefficient (Wildman–Crippen LogP) is 12.7. The van der Waals surface area contributed by atoms with Crippen LogP contribution in [0.3, 0.4) is 0 Å². The van der Waals surface area contributed by atoms with Gasteiger partial charge in [-0.2, -0.15) is 0 Å². The van der Waals surface area contributed by atoms with Crippen molar-refractivity contribution in [3.63, 3.8) is 0 Å². The molecular formula is C58H44O4Ti. The van der Waals surface area contributed by atoms with Gasteiger partial charge in [0, 0.05) is 0 Å². The summed E-state index contributed by atoms with van der Waals surface area (Å²) in [6.45, 7) is 0. The molecule has 10 rings (SSSR count). The Morgan fingerprint density at radius 2 is 0.571 bits per heavy atom. The third-order valence-corrected chi connectivity index (χ3v) is 18.7. The van der Waals surface area contributed by atoms with Gasteiger partial charge < -0.3 is 0 Å². The SMILES string of the molecule is O=C([O][Ti]([O]C(=O)C(c1ccccc1)(c1ccccc1)c1ccccc1)([CH]1C=Cc2ccccc21)[CH]1C=Cc2ccccc21)C(c1ccccc1)(c1ccccc1)c1ccccc1. The van der Waals surface area contributed by atoms with Gasteiger partial charge >= 0.3 is 375 Å². The van der Waals surface area contributed by atoms with E-state index in [1.165, 1.54) is 0 Å². The third-order valence-electron chi connectivity index (χ3n) is 12.8. The van der Waals surface area contributed by atoms with Crippen LogP contribution in [0.15, 0.2) is 243 Å². The van der Waals surface area contributed by atoms with Crippen molar-refractivity contribution in [2.24, 2.45) is 0 Å². The first kappa shape index (κ1) is 40.0. The van der Waals surface area contributed by atoms with E-state index in [4.69, 9.17) is 6.64 Å². The van der Waals surface area contributed by atoms with Crippen LogP contribution in [0.5, 0.6) is 0 Å². The molecule has 304 valence electrons. The van der Waals surface area contributed by atoms with Gasteiger partial charge in [0.05, 0.1) is 0 Å². The van der Waals surface area contributed by atoms with Crippen LogP contribution in [0.2, 0.25) is 0 Å². The van der Waals surface area contributed by atoms with Gasteiger partial charge in [0.15, 0.2) is 0 Å². The zero-order valence-corrected chi connectivity index (χ0v) is 36.1. The first-order chi connectivity index (χ1) is 31.1. The molecule has 8 aromatic carbocycles. The van der Waals surface area contributed by atoms with E-state index < -0.39 is 48.6 Å². The molecule has 0 spiro atoms. The number of hydrogen-bond acceptors (Lipinski definition) is 4. The number of fused-ring (bicyclic) bond motifs is 2. The number of hydrogen-bond donors (Lipinski definition) is 0. The molecule has 2 aliphatic rings. The molecular weight excluding hydrogens is 809 g/mol. The summed E-state index contributed by atoms with van der Waals surface area (Å²) in [5.41, 5.74) is 5.48. The van der Waals surface area contributed by atoms with Crippen LogP contribution in [0.1, 0.15) is 64.1 Å². The topological polar surface area (TPSA) is 52.6 Å². The zero-order valence-electron chi connectivity index (χ0n) is 34.5. The Labute approximate surface area is 373 Å².